The molecule has 0 unspecified atom stereocenters. The Morgan fingerprint density at radius 3 is 2.89 bits per heavy atom. The minimum absolute atomic E-state index is 0.668. The van der Waals surface area contributed by atoms with Gasteiger partial charge < -0.3 is 10.1 Å². The van der Waals surface area contributed by atoms with Crippen LogP contribution in [0.1, 0.15) is 5.56 Å². The van der Waals surface area contributed by atoms with E-state index in [1.165, 1.54) is 11.3 Å². The minimum Gasteiger partial charge on any atom is -0.383 e. The van der Waals surface area contributed by atoms with Gasteiger partial charge in [-0.15, -0.1) is 11.3 Å². The Bertz CT molecular complexity index is 553. The van der Waals surface area contributed by atoms with E-state index in [9.17, 15) is 0 Å². The van der Waals surface area contributed by atoms with Gasteiger partial charge in [-0.25, -0.2) is 0 Å². The van der Waals surface area contributed by atoms with Crippen molar-refractivity contribution in [2.24, 2.45) is 7.05 Å². The van der Waals surface area contributed by atoms with Gasteiger partial charge in [-0.05, 0) is 6.07 Å². The lowest BCUT2D eigenvalue weighted by atomic mass is 10.1. The molecule has 0 spiro atoms. The molecule has 0 atom stereocenters. The van der Waals surface area contributed by atoms with Crippen molar-refractivity contribution in [1.29, 1.82) is 0 Å². The summed E-state index contributed by atoms with van der Waals surface area (Å²) in [6, 6.07) is 1.86. The fraction of sp³-hybridized carbons (Fsp3) is 0.417. The van der Waals surface area contributed by atoms with Crippen molar-refractivity contribution >= 4 is 34.5 Å². The molecule has 0 radical (unpaired) electrons. The zero-order valence-electron chi connectivity index (χ0n) is 10.7. The lowest BCUT2D eigenvalue weighted by Crippen LogP contribution is -2.18. The molecular formula is C12H15Cl2N3OS. The van der Waals surface area contributed by atoms with Crippen molar-refractivity contribution in [3.05, 3.63) is 26.5 Å². The molecule has 19 heavy (non-hydrogen) atoms. The van der Waals surface area contributed by atoms with Gasteiger partial charge in [0.25, 0.3) is 0 Å². The van der Waals surface area contributed by atoms with E-state index in [2.05, 4.69) is 10.4 Å². The Balaban J connectivity index is 2.18. The maximum Gasteiger partial charge on any atom is 0.104 e. The maximum absolute atomic E-state index is 6.19. The molecule has 4 nitrogen and oxygen atoms in total. The minimum atomic E-state index is 0.668. The first-order chi connectivity index (χ1) is 9.11. The van der Waals surface area contributed by atoms with Crippen LogP contribution in [0.5, 0.6) is 0 Å². The molecule has 0 aliphatic heterocycles. The van der Waals surface area contributed by atoms with Crippen LogP contribution < -0.4 is 5.32 Å². The van der Waals surface area contributed by atoms with E-state index in [0.29, 0.717) is 15.3 Å². The van der Waals surface area contributed by atoms with Gasteiger partial charge in [0.1, 0.15) is 4.34 Å². The molecule has 2 aromatic rings. The second-order valence-corrected chi connectivity index (χ2v) is 6.37. The molecular weight excluding hydrogens is 305 g/mol. The number of thiophene rings is 1. The number of aromatic nitrogens is 2. The first-order valence-electron chi connectivity index (χ1n) is 5.79. The Hall–Kier alpha value is -0.590. The van der Waals surface area contributed by atoms with Gasteiger partial charge in [0.05, 0.1) is 16.6 Å². The summed E-state index contributed by atoms with van der Waals surface area (Å²) in [6.07, 6.45) is 1.98. The third-order valence-corrected chi connectivity index (χ3v) is 4.10. The summed E-state index contributed by atoms with van der Waals surface area (Å²) in [5.74, 6) is 0. The molecule has 7 heteroatoms. The highest BCUT2D eigenvalue weighted by Crippen LogP contribution is 2.38. The summed E-state index contributed by atoms with van der Waals surface area (Å²) < 4.78 is 8.12. The van der Waals surface area contributed by atoms with Crippen LogP contribution in [-0.2, 0) is 18.3 Å². The van der Waals surface area contributed by atoms with Crippen molar-refractivity contribution in [2.45, 2.75) is 6.54 Å². The van der Waals surface area contributed by atoms with Crippen molar-refractivity contribution < 1.29 is 4.74 Å². The average molecular weight is 320 g/mol. The van der Waals surface area contributed by atoms with Crippen LogP contribution in [0.3, 0.4) is 0 Å². The van der Waals surface area contributed by atoms with E-state index in [4.69, 9.17) is 27.9 Å². The summed E-state index contributed by atoms with van der Waals surface area (Å²) in [5.41, 5.74) is 2.86. The molecule has 2 heterocycles. The third-order valence-electron chi connectivity index (χ3n) is 2.61. The lowest BCUT2D eigenvalue weighted by Gasteiger charge is -2.03. The highest BCUT2D eigenvalue weighted by Gasteiger charge is 2.15. The summed E-state index contributed by atoms with van der Waals surface area (Å²) in [7, 11) is 3.58. The summed E-state index contributed by atoms with van der Waals surface area (Å²) in [4.78, 5) is 0. The smallest absolute Gasteiger partial charge is 0.104 e. The number of aryl methyl sites for hydroxylation is 1. The van der Waals surface area contributed by atoms with Crippen molar-refractivity contribution in [1.82, 2.24) is 15.1 Å². The number of hydrogen-bond donors (Lipinski definition) is 1. The van der Waals surface area contributed by atoms with E-state index in [-0.39, 0.29) is 0 Å². The predicted octanol–water partition coefficient (Wildman–Crippen LogP) is 3.19. The Kier molecular flexibility index (Phi) is 5.24. The van der Waals surface area contributed by atoms with Crippen molar-refractivity contribution in [3.8, 4) is 11.3 Å². The Morgan fingerprint density at radius 1 is 1.47 bits per heavy atom. The number of nitrogens with zero attached hydrogens (tertiary/aromatic N) is 2. The zero-order chi connectivity index (χ0) is 13.8. The van der Waals surface area contributed by atoms with E-state index in [0.717, 1.165) is 29.9 Å². The molecule has 0 saturated carbocycles. The Labute approximate surface area is 126 Å². The lowest BCUT2D eigenvalue weighted by molar-refractivity contribution is 0.199. The second kappa shape index (κ2) is 6.72. The van der Waals surface area contributed by atoms with Gasteiger partial charge in [0, 0.05) is 44.6 Å². The standard InChI is InChI=1S/C12H15Cl2N3OS/c1-17-7-8(6-15-3-4-18-2)11(16-17)9-5-10(13)19-12(9)14/h5,7,15H,3-4,6H2,1-2H3. The predicted molar refractivity (Wildman–Crippen MR) is 80.1 cm³/mol. The van der Waals surface area contributed by atoms with Crippen LogP contribution in [0.25, 0.3) is 11.3 Å². The SMILES string of the molecule is COCCNCc1cn(C)nc1-c1cc(Cl)sc1Cl. The summed E-state index contributed by atoms with van der Waals surface area (Å²) >= 11 is 13.5. The van der Waals surface area contributed by atoms with E-state index in [1.807, 2.05) is 19.3 Å². The Morgan fingerprint density at radius 2 is 2.26 bits per heavy atom. The quantitative estimate of drug-likeness (QED) is 0.831. The molecule has 2 aromatic heterocycles. The molecule has 0 bridgehead atoms. The van der Waals surface area contributed by atoms with Crippen LogP contribution in [0.2, 0.25) is 8.67 Å². The number of nitrogens with one attached hydrogen (secondary N) is 1. The molecule has 0 aliphatic rings. The van der Waals surface area contributed by atoms with Gasteiger partial charge in [-0.1, -0.05) is 23.2 Å². The average Bonchev–Trinajstić information content (AvgIpc) is 2.87. The molecule has 0 saturated heterocycles. The molecule has 104 valence electrons. The third kappa shape index (κ3) is 3.70. The largest absolute Gasteiger partial charge is 0.383 e. The highest BCUT2D eigenvalue weighted by atomic mass is 35.5. The van der Waals surface area contributed by atoms with E-state index >= 15 is 0 Å². The second-order valence-electron chi connectivity index (χ2n) is 4.08. The first-order valence-corrected chi connectivity index (χ1v) is 7.36. The van der Waals surface area contributed by atoms with Gasteiger partial charge in [0.15, 0.2) is 0 Å². The number of methoxy groups -OCH3 is 1. The van der Waals surface area contributed by atoms with Crippen LogP contribution in [0.4, 0.5) is 0 Å². The zero-order valence-corrected chi connectivity index (χ0v) is 13.1. The summed E-state index contributed by atoms with van der Waals surface area (Å²) in [5, 5.41) is 7.76. The van der Waals surface area contributed by atoms with Crippen LogP contribution in [-0.4, -0.2) is 30.0 Å². The topological polar surface area (TPSA) is 39.1 Å². The molecule has 1 N–H and O–H groups in total. The summed E-state index contributed by atoms with van der Waals surface area (Å²) in [6.45, 7) is 2.19. The number of rotatable bonds is 6. The number of halogens is 2. The molecule has 2 rings (SSSR count). The van der Waals surface area contributed by atoms with E-state index in [1.54, 1.807) is 11.8 Å². The monoisotopic (exact) mass is 319 g/mol. The first kappa shape index (κ1) is 14.8. The van der Waals surface area contributed by atoms with Crippen LogP contribution in [0, 0.1) is 0 Å². The molecule has 0 aromatic carbocycles. The van der Waals surface area contributed by atoms with Gasteiger partial charge in [0.2, 0.25) is 0 Å². The fourth-order valence-electron chi connectivity index (χ4n) is 1.79. The van der Waals surface area contributed by atoms with Crippen LogP contribution >= 0.6 is 34.5 Å². The molecule has 0 fully saturated rings. The fourth-order valence-corrected chi connectivity index (χ4v) is 3.26. The van der Waals surface area contributed by atoms with Crippen molar-refractivity contribution in [3.63, 3.8) is 0 Å². The maximum atomic E-state index is 6.19. The highest BCUT2D eigenvalue weighted by molar-refractivity contribution is 7.20. The number of hydrogen-bond acceptors (Lipinski definition) is 4. The van der Waals surface area contributed by atoms with Gasteiger partial charge in [-0.3, -0.25) is 4.68 Å². The molecule has 0 amide bonds. The van der Waals surface area contributed by atoms with Crippen molar-refractivity contribution in [2.75, 3.05) is 20.3 Å². The van der Waals surface area contributed by atoms with Gasteiger partial charge >= 0.3 is 0 Å². The normalized spacial score (nSPS) is 11.2. The van der Waals surface area contributed by atoms with Gasteiger partial charge in [-0.2, -0.15) is 5.10 Å². The van der Waals surface area contributed by atoms with Crippen LogP contribution in [0.15, 0.2) is 12.3 Å². The molecule has 0 aliphatic carbocycles. The number of ether oxygens (including phenoxy) is 1. The van der Waals surface area contributed by atoms with E-state index < -0.39 is 0 Å².